The summed E-state index contributed by atoms with van der Waals surface area (Å²) < 4.78 is 129. The van der Waals surface area contributed by atoms with Crippen LogP contribution in [0.25, 0.3) is 0 Å². The molecule has 8 heterocycles. The molecule has 2 N–H and O–H groups in total. The zero-order valence-corrected chi connectivity index (χ0v) is 98.7. The molecular formula is C109H162BN11O21S3U. The van der Waals surface area contributed by atoms with Crippen LogP contribution in [0.3, 0.4) is 0 Å². The molecule has 32 nitrogen and oxygen atoms in total. The van der Waals surface area contributed by atoms with E-state index in [0.29, 0.717) is 82.3 Å². The van der Waals surface area contributed by atoms with Gasteiger partial charge in [0.2, 0.25) is 30.1 Å². The summed E-state index contributed by atoms with van der Waals surface area (Å²) in [5, 5.41) is 49.7. The quantitative estimate of drug-likeness (QED) is 0.0417. The molecule has 0 bridgehead atoms. The van der Waals surface area contributed by atoms with E-state index in [9.17, 15) is 75.1 Å². The topological polar surface area (TPSA) is 384 Å². The van der Waals surface area contributed by atoms with E-state index in [4.69, 9.17) is 25.0 Å². The fraction of sp³-hybridized carbons (Fsp3) is 0.587. The molecule has 11 aliphatic rings. The van der Waals surface area contributed by atoms with Crippen LogP contribution in [0, 0.1) is 61.5 Å². The molecule has 12 atom stereocenters. The van der Waals surface area contributed by atoms with E-state index < -0.39 is 139 Å². The first kappa shape index (κ1) is 124. The van der Waals surface area contributed by atoms with Crippen LogP contribution in [0.2, 0.25) is 0 Å². The van der Waals surface area contributed by atoms with Crippen LogP contribution in [0.5, 0.6) is 0 Å². The average Bonchev–Trinajstić information content (AvgIpc) is 1.50. The third kappa shape index (κ3) is 24.1. The zero-order valence-electron chi connectivity index (χ0n) is 93.0. The molecule has 6 aromatic rings. The van der Waals surface area contributed by atoms with Crippen molar-refractivity contribution in [2.75, 3.05) is 28.2 Å². The van der Waals surface area contributed by atoms with Gasteiger partial charge in [0.05, 0.1) is 41.2 Å². The smallest absolute Gasteiger partial charge is 0.410 e. The second-order valence-corrected chi connectivity index (χ2v) is 45.3. The number of aliphatic hydroxyl groups is 1. The molecule has 0 aromatic heterocycles. The molecule has 37 heteroatoms. The van der Waals surface area contributed by atoms with E-state index in [1.165, 1.54) is 96.2 Å². The standard InChI is InChI=1S/C35H46N4O8S.C35H44N4O8S.C25H29N3O5S.7C2H6.BH.U/c2*1-22(2)21-23-11-9-19-35-29-26(23)12-8-13-27(29)37(30(40)28-14-10-20-36(28)32(41)47-33(3,4)5)31(35)46-34(6,7)39(35)48(44,45)25-17-15-24(16-18-25)38(42)43;1-16(2)15-17-7-6-14-25-22-20(17)8-5-9-21(22)26-23(25)33-24(3,4)28(25)34(31,32)19-12-10-18(11-13-19)27(29)30;7*1-2;;/h8,12-13,15-18,21,23,28,30-31,40H,9-11,14,19-20H2,1-7H3;8,12-13,15-18,21,23,28,31H,9-11,14,19-20H2,1-7H3;5,8-13,15,17,23,26H,6-7,14H2,1-4H3;7*1-2H3;1H;/t23-,28+,30?,31+,35+;23-,28+,31+,35+;17-,23+,25+;;;;;;;;;/m111........./s1/i;;;;;;;;;;1D;. The summed E-state index contributed by atoms with van der Waals surface area (Å²) in [6.07, 6.45) is 10.1. The summed E-state index contributed by atoms with van der Waals surface area (Å²) in [4.78, 5) is 80.0. The van der Waals surface area contributed by atoms with Crippen LogP contribution in [-0.2, 0) is 75.2 Å². The summed E-state index contributed by atoms with van der Waals surface area (Å²) in [6, 6.07) is 31.1. The maximum absolute atomic E-state index is 14.9. The molecule has 5 fully saturated rings. The molecule has 1 unspecified atom stereocenters. The number of sulfonamides is 3. The van der Waals surface area contributed by atoms with Gasteiger partial charge in [0, 0.05) is 135 Å². The van der Waals surface area contributed by atoms with Gasteiger partial charge in [-0.1, -0.05) is 188 Å². The molecule has 3 spiro atoms. The van der Waals surface area contributed by atoms with Crippen LogP contribution in [0.15, 0.2) is 177 Å². The Bertz CT molecular complexity index is 6010. The normalized spacial score (nSPS) is 24.3. The number of allylic oxidation sites excluding steroid dienone is 6. The third-order valence-electron chi connectivity index (χ3n) is 26.6. The zero-order chi connectivity index (χ0) is 110. The molecule has 17 rings (SSSR count). The number of nitrogens with one attached hydrogen (secondary N) is 1. The number of nitrogens with zero attached hydrogens (tertiary/aromatic N) is 10. The van der Waals surface area contributed by atoms with Crippen LogP contribution in [0.4, 0.5) is 43.7 Å². The van der Waals surface area contributed by atoms with Crippen LogP contribution in [-0.4, -0.2) is 174 Å². The molecule has 6 aromatic carbocycles. The summed E-state index contributed by atoms with van der Waals surface area (Å²) in [7, 11) is -9.01. The molecule has 3 aliphatic carbocycles. The number of aliphatic hydroxyl groups excluding tert-OH is 1. The van der Waals surface area contributed by atoms with Gasteiger partial charge in [0.1, 0.15) is 57.3 Å². The van der Waals surface area contributed by atoms with Gasteiger partial charge < -0.3 is 43.9 Å². The largest absolute Gasteiger partial charge is 0.444 e. The Balaban J connectivity index is 0.000000317. The Morgan fingerprint density at radius 2 is 0.774 bits per heavy atom. The summed E-state index contributed by atoms with van der Waals surface area (Å²) >= 11 is 0. The van der Waals surface area contributed by atoms with E-state index in [1.54, 1.807) is 97.8 Å². The first-order valence-electron chi connectivity index (χ1n) is 52.2. The number of rotatable bonds is 15. The Labute approximate surface area is 896 Å². The van der Waals surface area contributed by atoms with Crippen LogP contribution >= 0.6 is 0 Å². The molecule has 3 amide bonds. The first-order chi connectivity index (χ1) is 68.8. The molecule has 0 saturated carbocycles. The van der Waals surface area contributed by atoms with Gasteiger partial charge in [0.15, 0.2) is 18.7 Å². The Kier molecular flexibility index (Phi) is 42.7. The molecule has 8 aliphatic heterocycles. The number of hydrogen-bond donors (Lipinski definition) is 2. The van der Waals surface area contributed by atoms with Crippen molar-refractivity contribution in [2.45, 2.75) is 419 Å². The van der Waals surface area contributed by atoms with Crippen molar-refractivity contribution < 1.29 is 114 Å². The van der Waals surface area contributed by atoms with E-state index in [1.807, 2.05) is 173 Å². The number of carbonyl (C=O) groups excluding carboxylic acids is 3. The predicted octanol–water partition coefficient (Wildman–Crippen LogP) is 24.7. The Morgan fingerprint density at radius 3 is 1.16 bits per heavy atom. The molecule has 2 radical (unpaired) electrons. The fourth-order valence-electron chi connectivity index (χ4n) is 22.5. The van der Waals surface area contributed by atoms with E-state index in [2.05, 4.69) is 51.8 Å². The Morgan fingerprint density at radius 1 is 0.452 bits per heavy atom. The SMILES string of the molecule is CC.CC.CC.CC.CC.CC.CC.CC(C)=C[C@H]1CCC[C@]23c4c(cccc41)N[C@H]2OC(C)(C)N3S(=O)(=O)c1ccc([N+](=O)[O-])cc1.CC(C)=C[C@H]1CCC[C@]23c4c1cccc4N(C(=O)[C@@H]1CCCN1C(=O)OC(C)(C)C)[C@H]2OC(C)(C)N3S(=O)(=O)c1ccc([N+](=O)[O-])cc1.CC(C)=C[C@H]1CCC[C@]23c4c1cccc4N(C(O)[C@@H]1CCCN1C(=O)OC(C)(C)C)[C@H]2OC(C)(C)N3S(=O)(=O)c1ccc([N+](=O)[O-])cc1.[2H][B].[U]. The van der Waals surface area contributed by atoms with Crippen molar-refractivity contribution in [2.24, 2.45) is 0 Å². The van der Waals surface area contributed by atoms with Gasteiger partial charge >= 0.3 is 12.2 Å². The molecule has 146 heavy (non-hydrogen) atoms. The van der Waals surface area contributed by atoms with Crippen LogP contribution < -0.4 is 15.1 Å². The molecular weight excluding hydrogens is 2140 g/mol. The number of likely N-dealkylation sites (tertiary alicyclic amines) is 2. The number of benzene rings is 6. The van der Waals surface area contributed by atoms with Crippen molar-refractivity contribution in [1.82, 2.24) is 22.7 Å². The second-order valence-electron chi connectivity index (χ2n) is 40.0. The number of amides is 3. The summed E-state index contributed by atoms with van der Waals surface area (Å²) in [5.41, 5.74) is 1.62. The van der Waals surface area contributed by atoms with Gasteiger partial charge in [-0.15, -0.1) is 0 Å². The number of non-ortho nitro benzene ring substituents is 3. The third-order valence-corrected chi connectivity index (χ3v) is 32.9. The van der Waals surface area contributed by atoms with E-state index in [0.717, 1.165) is 75.9 Å². The Hall–Kier alpha value is -8.96. The van der Waals surface area contributed by atoms with E-state index in [-0.39, 0.29) is 86.5 Å². The van der Waals surface area contributed by atoms with Gasteiger partial charge in [0.25, 0.3) is 23.0 Å². The van der Waals surface area contributed by atoms with Crippen LogP contribution in [0.1, 0.15) is 356 Å². The number of anilines is 3. The second kappa shape index (κ2) is 50.3. The minimum Gasteiger partial charge on any atom is -0.444 e. The number of hydrogen-bond acceptors (Lipinski definition) is 23. The maximum atomic E-state index is 14.9. The number of ether oxygens (including phenoxy) is 5. The average molecular weight is 2310 g/mol. The first-order valence-corrected chi connectivity index (χ1v) is 55.9. The maximum Gasteiger partial charge on any atom is 0.410 e. The summed E-state index contributed by atoms with van der Waals surface area (Å²) in [5.74, 6) is -0.197. The monoisotopic (exact) mass is 2310 g/mol. The number of nitro benzene ring substituents is 3. The molecule has 5 saturated heterocycles. The summed E-state index contributed by atoms with van der Waals surface area (Å²) in [6.45, 7) is 62.1. The minimum atomic E-state index is -4.36. The van der Waals surface area contributed by atoms with Gasteiger partial charge in [-0.2, -0.15) is 12.9 Å². The molecule has 804 valence electrons. The van der Waals surface area contributed by atoms with E-state index >= 15 is 0 Å². The van der Waals surface area contributed by atoms with Gasteiger partial charge in [-0.3, -0.25) is 44.9 Å². The predicted molar refractivity (Wildman–Crippen MR) is 574 cm³/mol. The van der Waals surface area contributed by atoms with Crippen molar-refractivity contribution in [3.05, 3.63) is 226 Å². The van der Waals surface area contributed by atoms with Gasteiger partial charge in [-0.05, 0) is 261 Å². The van der Waals surface area contributed by atoms with Crippen molar-refractivity contribution in [3.63, 3.8) is 0 Å². The number of carbonyl (C=O) groups is 3. The fourth-order valence-corrected chi connectivity index (χ4v) is 28.6. The number of nitro groups is 3. The van der Waals surface area contributed by atoms with Crippen molar-refractivity contribution >= 4 is 90.7 Å². The van der Waals surface area contributed by atoms with Crippen molar-refractivity contribution in [3.8, 4) is 0 Å². The van der Waals surface area contributed by atoms with Gasteiger partial charge in [-0.25, -0.2) is 34.8 Å². The minimum absolute atomic E-state index is 0. The van der Waals surface area contributed by atoms with Crippen molar-refractivity contribution in [1.29, 1.82) is 1.34 Å².